The molecule has 154 valence electrons. The number of aryl methyl sites for hydroxylation is 1. The van der Waals surface area contributed by atoms with Crippen molar-refractivity contribution in [2.75, 3.05) is 18.4 Å². The van der Waals surface area contributed by atoms with Crippen molar-refractivity contribution in [1.29, 1.82) is 0 Å². The number of nitrogens with one attached hydrogen (secondary N) is 1. The van der Waals surface area contributed by atoms with Gasteiger partial charge < -0.3 is 15.2 Å². The van der Waals surface area contributed by atoms with E-state index in [1.807, 2.05) is 43.3 Å². The minimum atomic E-state index is -0.746. The van der Waals surface area contributed by atoms with E-state index < -0.39 is 5.97 Å². The van der Waals surface area contributed by atoms with Crippen LogP contribution in [0.4, 0.5) is 5.95 Å². The lowest BCUT2D eigenvalue weighted by atomic mass is 9.85. The van der Waals surface area contributed by atoms with E-state index in [1.54, 1.807) is 0 Å². The molecular weight excluding hydrogens is 368 g/mol. The SMILES string of the molecule is Cc1cc(OCc2ccccc2)nc(NC2CC(N(CC(=O)O)CC3CC3)C2)n1. The van der Waals surface area contributed by atoms with Crippen molar-refractivity contribution >= 4 is 11.9 Å². The average molecular weight is 396 g/mol. The van der Waals surface area contributed by atoms with Gasteiger partial charge >= 0.3 is 5.97 Å². The highest BCUT2D eigenvalue weighted by atomic mass is 16.5. The number of hydrogen-bond donors (Lipinski definition) is 2. The van der Waals surface area contributed by atoms with Gasteiger partial charge in [0.2, 0.25) is 11.8 Å². The zero-order chi connectivity index (χ0) is 20.2. The molecule has 0 bridgehead atoms. The van der Waals surface area contributed by atoms with Crippen molar-refractivity contribution in [3.63, 3.8) is 0 Å². The summed E-state index contributed by atoms with van der Waals surface area (Å²) in [5.74, 6) is 1.07. The summed E-state index contributed by atoms with van der Waals surface area (Å²) in [5.41, 5.74) is 1.94. The predicted octanol–water partition coefficient (Wildman–Crippen LogP) is 3.10. The lowest BCUT2D eigenvalue weighted by molar-refractivity contribution is -0.139. The van der Waals surface area contributed by atoms with Crippen LogP contribution in [0.25, 0.3) is 0 Å². The van der Waals surface area contributed by atoms with Crippen molar-refractivity contribution in [1.82, 2.24) is 14.9 Å². The Bertz CT molecular complexity index is 835. The molecule has 7 nitrogen and oxygen atoms in total. The molecule has 0 unspecified atom stereocenters. The van der Waals surface area contributed by atoms with Crippen LogP contribution < -0.4 is 10.1 Å². The Balaban J connectivity index is 1.30. The fourth-order valence-electron chi connectivity index (χ4n) is 3.74. The van der Waals surface area contributed by atoms with Crippen molar-refractivity contribution in [3.05, 3.63) is 47.7 Å². The Morgan fingerprint density at radius 3 is 2.69 bits per heavy atom. The summed E-state index contributed by atoms with van der Waals surface area (Å²) in [5, 5.41) is 12.6. The maximum atomic E-state index is 11.2. The first kappa shape index (κ1) is 19.6. The molecule has 2 saturated carbocycles. The van der Waals surface area contributed by atoms with Gasteiger partial charge in [-0.05, 0) is 44.1 Å². The van der Waals surface area contributed by atoms with E-state index >= 15 is 0 Å². The Hall–Kier alpha value is -2.67. The molecule has 2 N–H and O–H groups in total. The number of carboxylic acids is 1. The second-order valence-corrected chi connectivity index (χ2v) is 8.18. The van der Waals surface area contributed by atoms with Crippen LogP contribution in [-0.2, 0) is 11.4 Å². The number of nitrogens with zero attached hydrogens (tertiary/aromatic N) is 3. The maximum absolute atomic E-state index is 11.2. The standard InChI is InChI=1S/C22H28N4O3/c1-15-9-20(29-14-17-5-3-2-4-6-17)25-22(23-15)24-18-10-19(11-18)26(13-21(27)28)12-16-7-8-16/h2-6,9,16,18-19H,7-8,10-14H2,1H3,(H,27,28)(H,23,24,25). The fraction of sp³-hybridized carbons (Fsp3) is 0.500. The van der Waals surface area contributed by atoms with Gasteiger partial charge in [0.05, 0.1) is 6.54 Å². The molecule has 2 aliphatic carbocycles. The zero-order valence-electron chi connectivity index (χ0n) is 16.8. The summed E-state index contributed by atoms with van der Waals surface area (Å²) in [7, 11) is 0. The minimum absolute atomic E-state index is 0.131. The normalized spacial score (nSPS) is 20.9. The van der Waals surface area contributed by atoms with Gasteiger partial charge in [-0.25, -0.2) is 4.98 Å². The first-order chi connectivity index (χ1) is 14.0. The summed E-state index contributed by atoms with van der Waals surface area (Å²) < 4.78 is 5.84. The Morgan fingerprint density at radius 2 is 2.00 bits per heavy atom. The van der Waals surface area contributed by atoms with E-state index in [2.05, 4.69) is 20.2 Å². The number of anilines is 1. The molecule has 1 heterocycles. The highest BCUT2D eigenvalue weighted by Crippen LogP contribution is 2.34. The van der Waals surface area contributed by atoms with Crippen molar-refractivity contribution in [3.8, 4) is 5.88 Å². The number of benzene rings is 1. The van der Waals surface area contributed by atoms with Gasteiger partial charge in [0.25, 0.3) is 0 Å². The van der Waals surface area contributed by atoms with Crippen LogP contribution in [0.1, 0.15) is 36.9 Å². The number of carbonyl (C=O) groups is 1. The van der Waals surface area contributed by atoms with Gasteiger partial charge in [-0.1, -0.05) is 30.3 Å². The summed E-state index contributed by atoms with van der Waals surface area (Å²) in [6.07, 6.45) is 4.29. The van der Waals surface area contributed by atoms with Crippen molar-refractivity contribution < 1.29 is 14.6 Å². The molecule has 0 aliphatic heterocycles. The summed E-state index contributed by atoms with van der Waals surface area (Å²) in [6, 6.07) is 12.4. The molecule has 2 fully saturated rings. The second-order valence-electron chi connectivity index (χ2n) is 8.18. The second kappa shape index (κ2) is 8.78. The lowest BCUT2D eigenvalue weighted by Gasteiger charge is -2.42. The largest absolute Gasteiger partial charge is 0.480 e. The lowest BCUT2D eigenvalue weighted by Crippen LogP contribution is -2.52. The molecule has 2 aromatic rings. The third kappa shape index (κ3) is 5.67. The average Bonchev–Trinajstić information content (AvgIpc) is 3.46. The Kier molecular flexibility index (Phi) is 5.94. The van der Waals surface area contributed by atoms with Crippen LogP contribution >= 0.6 is 0 Å². The fourth-order valence-corrected chi connectivity index (χ4v) is 3.74. The third-order valence-corrected chi connectivity index (χ3v) is 5.55. The summed E-state index contributed by atoms with van der Waals surface area (Å²) in [6.45, 7) is 3.43. The van der Waals surface area contributed by atoms with E-state index in [0.717, 1.165) is 30.6 Å². The van der Waals surface area contributed by atoms with Gasteiger partial charge in [-0.15, -0.1) is 0 Å². The van der Waals surface area contributed by atoms with E-state index in [-0.39, 0.29) is 12.6 Å². The van der Waals surface area contributed by atoms with Crippen LogP contribution in [0.5, 0.6) is 5.88 Å². The first-order valence-corrected chi connectivity index (χ1v) is 10.3. The van der Waals surface area contributed by atoms with Crippen LogP contribution in [0.2, 0.25) is 0 Å². The smallest absolute Gasteiger partial charge is 0.317 e. The van der Waals surface area contributed by atoms with Gasteiger partial charge in [0.1, 0.15) is 6.61 Å². The summed E-state index contributed by atoms with van der Waals surface area (Å²) >= 11 is 0. The molecule has 0 atom stereocenters. The number of ether oxygens (including phenoxy) is 1. The van der Waals surface area contributed by atoms with Gasteiger partial charge in [0, 0.05) is 30.4 Å². The predicted molar refractivity (Wildman–Crippen MR) is 110 cm³/mol. The van der Waals surface area contributed by atoms with E-state index in [9.17, 15) is 9.90 Å². The molecule has 7 heteroatoms. The molecule has 0 radical (unpaired) electrons. The zero-order valence-corrected chi connectivity index (χ0v) is 16.8. The van der Waals surface area contributed by atoms with Gasteiger partial charge in [-0.3, -0.25) is 9.69 Å². The first-order valence-electron chi connectivity index (χ1n) is 10.3. The minimum Gasteiger partial charge on any atom is -0.480 e. The monoisotopic (exact) mass is 396 g/mol. The topological polar surface area (TPSA) is 87.6 Å². The highest BCUT2D eigenvalue weighted by Gasteiger charge is 2.37. The molecule has 4 rings (SSSR count). The van der Waals surface area contributed by atoms with Gasteiger partial charge in [-0.2, -0.15) is 4.98 Å². The maximum Gasteiger partial charge on any atom is 0.317 e. The van der Waals surface area contributed by atoms with Crippen LogP contribution in [0, 0.1) is 12.8 Å². The molecule has 0 spiro atoms. The number of hydrogen-bond acceptors (Lipinski definition) is 6. The van der Waals surface area contributed by atoms with Crippen LogP contribution in [0.3, 0.4) is 0 Å². The molecule has 29 heavy (non-hydrogen) atoms. The Morgan fingerprint density at radius 1 is 1.24 bits per heavy atom. The number of aliphatic carboxylic acids is 1. The molecular formula is C22H28N4O3. The van der Waals surface area contributed by atoms with E-state index in [4.69, 9.17) is 4.74 Å². The Labute approximate surface area is 171 Å². The third-order valence-electron chi connectivity index (χ3n) is 5.55. The van der Waals surface area contributed by atoms with E-state index in [0.29, 0.717) is 30.4 Å². The molecule has 0 saturated heterocycles. The van der Waals surface area contributed by atoms with E-state index in [1.165, 1.54) is 12.8 Å². The van der Waals surface area contributed by atoms with Crippen molar-refractivity contribution in [2.45, 2.75) is 51.3 Å². The number of rotatable bonds is 10. The molecule has 1 aromatic heterocycles. The van der Waals surface area contributed by atoms with Crippen LogP contribution in [0.15, 0.2) is 36.4 Å². The van der Waals surface area contributed by atoms with Gasteiger partial charge in [0.15, 0.2) is 0 Å². The summed E-state index contributed by atoms with van der Waals surface area (Å²) in [4.78, 5) is 22.3. The van der Waals surface area contributed by atoms with Crippen molar-refractivity contribution in [2.24, 2.45) is 5.92 Å². The quantitative estimate of drug-likeness (QED) is 0.638. The van der Waals surface area contributed by atoms with Crippen LogP contribution in [-0.4, -0.2) is 51.1 Å². The number of carboxylic acid groups (broad SMARTS) is 1. The molecule has 1 aromatic carbocycles. The number of aromatic nitrogens is 2. The molecule has 2 aliphatic rings. The molecule has 0 amide bonds. The highest BCUT2D eigenvalue weighted by molar-refractivity contribution is 5.69.